The first-order chi connectivity index (χ1) is 13.7. The number of halogens is 2. The Kier molecular flexibility index (Phi) is 4.31. The monoisotopic (exact) mass is 437 g/mol. The van der Waals surface area contributed by atoms with E-state index in [-0.39, 0.29) is 11.9 Å². The van der Waals surface area contributed by atoms with E-state index in [9.17, 15) is 4.39 Å². The molecule has 1 aliphatic rings. The van der Waals surface area contributed by atoms with Crippen LogP contribution < -0.4 is 4.90 Å². The Bertz CT molecular complexity index is 1160. The summed E-state index contributed by atoms with van der Waals surface area (Å²) in [4.78, 5) is 11.2. The van der Waals surface area contributed by atoms with Crippen LogP contribution in [0.25, 0.3) is 17.0 Å². The molecule has 1 atom stereocenters. The number of fused-ring (bicyclic) bond motifs is 1. The molecule has 7 heteroatoms. The molecular weight excluding hydrogens is 421 g/mol. The summed E-state index contributed by atoms with van der Waals surface area (Å²) < 4.78 is 16.3. The Morgan fingerprint density at radius 3 is 2.82 bits per heavy atom. The third-order valence-corrected chi connectivity index (χ3v) is 5.55. The molecule has 3 aromatic heterocycles. The fourth-order valence-corrected chi connectivity index (χ4v) is 4.19. The van der Waals surface area contributed by atoms with E-state index in [2.05, 4.69) is 30.8 Å². The molecule has 140 valence electrons. The number of benzene rings is 1. The number of imidazole rings is 1. The molecule has 0 spiro atoms. The van der Waals surface area contributed by atoms with E-state index in [1.807, 2.05) is 40.9 Å². The minimum absolute atomic E-state index is 0.122. The highest BCUT2D eigenvalue weighted by molar-refractivity contribution is 9.10. The normalized spacial score (nSPS) is 16.8. The molecule has 0 unspecified atom stereocenters. The zero-order valence-corrected chi connectivity index (χ0v) is 16.6. The number of pyridine rings is 1. The van der Waals surface area contributed by atoms with Gasteiger partial charge in [0.15, 0.2) is 5.65 Å². The number of aromatic nitrogens is 4. The van der Waals surface area contributed by atoms with Gasteiger partial charge in [-0.25, -0.2) is 18.9 Å². The van der Waals surface area contributed by atoms with Crippen LogP contribution in [-0.4, -0.2) is 26.1 Å². The lowest BCUT2D eigenvalue weighted by Crippen LogP contribution is -2.24. The molecule has 1 aromatic carbocycles. The van der Waals surface area contributed by atoms with Crippen LogP contribution >= 0.6 is 15.9 Å². The molecule has 0 aliphatic carbocycles. The highest BCUT2D eigenvalue weighted by atomic mass is 79.9. The zero-order valence-electron chi connectivity index (χ0n) is 15.0. The van der Waals surface area contributed by atoms with Crippen LogP contribution in [0.2, 0.25) is 0 Å². The van der Waals surface area contributed by atoms with Crippen molar-refractivity contribution in [3.8, 4) is 11.4 Å². The number of rotatable bonds is 3. The van der Waals surface area contributed by atoms with Crippen molar-refractivity contribution >= 4 is 27.4 Å². The van der Waals surface area contributed by atoms with Crippen LogP contribution in [0.5, 0.6) is 0 Å². The maximum atomic E-state index is 13.7. The van der Waals surface area contributed by atoms with Gasteiger partial charge in [-0.3, -0.25) is 0 Å². The van der Waals surface area contributed by atoms with Crippen molar-refractivity contribution in [1.82, 2.24) is 19.6 Å². The molecule has 5 rings (SSSR count). The SMILES string of the molecule is Fc1cccc([C@H]2CCCN2c2ccc3ncc(-c4cccc(Br)n4)n3n2)c1. The summed E-state index contributed by atoms with van der Waals surface area (Å²) in [6, 6.07) is 16.7. The Hall–Kier alpha value is -2.80. The third kappa shape index (κ3) is 3.05. The van der Waals surface area contributed by atoms with Crippen molar-refractivity contribution < 1.29 is 4.39 Å². The van der Waals surface area contributed by atoms with Crippen LogP contribution in [-0.2, 0) is 0 Å². The maximum Gasteiger partial charge on any atom is 0.154 e. The van der Waals surface area contributed by atoms with E-state index in [1.165, 1.54) is 6.07 Å². The number of anilines is 1. The number of nitrogens with zero attached hydrogens (tertiary/aromatic N) is 5. The summed E-state index contributed by atoms with van der Waals surface area (Å²) in [7, 11) is 0. The van der Waals surface area contributed by atoms with Gasteiger partial charge in [0.25, 0.3) is 0 Å². The van der Waals surface area contributed by atoms with Crippen molar-refractivity contribution in [2.75, 3.05) is 11.4 Å². The molecule has 0 saturated carbocycles. The maximum absolute atomic E-state index is 13.7. The van der Waals surface area contributed by atoms with Crippen LogP contribution in [0.4, 0.5) is 10.2 Å². The average Bonchev–Trinajstić information content (AvgIpc) is 3.34. The zero-order chi connectivity index (χ0) is 19.1. The standard InChI is InChI=1S/C21H17BrFN5/c22-19-8-2-6-16(25-19)18-13-24-20-9-10-21(26-28(18)20)27-11-3-7-17(27)14-4-1-5-15(23)12-14/h1-2,4-6,8-10,12-13,17H,3,7,11H2/t17-/m1/s1. The lowest BCUT2D eigenvalue weighted by molar-refractivity contribution is 0.617. The van der Waals surface area contributed by atoms with Gasteiger partial charge in [0.1, 0.15) is 21.9 Å². The van der Waals surface area contributed by atoms with Gasteiger partial charge in [-0.2, -0.15) is 0 Å². The van der Waals surface area contributed by atoms with E-state index in [1.54, 1.807) is 18.3 Å². The largest absolute Gasteiger partial charge is 0.348 e. The van der Waals surface area contributed by atoms with Crippen molar-refractivity contribution in [3.63, 3.8) is 0 Å². The Labute approximate surface area is 170 Å². The Morgan fingerprint density at radius 1 is 1.07 bits per heavy atom. The van der Waals surface area contributed by atoms with Crippen LogP contribution in [0.1, 0.15) is 24.4 Å². The first kappa shape index (κ1) is 17.3. The minimum atomic E-state index is -0.203. The van der Waals surface area contributed by atoms with Crippen molar-refractivity contribution in [1.29, 1.82) is 0 Å². The predicted molar refractivity (Wildman–Crippen MR) is 110 cm³/mol. The van der Waals surface area contributed by atoms with Crippen molar-refractivity contribution in [2.24, 2.45) is 0 Å². The van der Waals surface area contributed by atoms with Crippen molar-refractivity contribution in [3.05, 3.63) is 76.8 Å². The number of hydrogen-bond donors (Lipinski definition) is 0. The lowest BCUT2D eigenvalue weighted by Gasteiger charge is -2.26. The average molecular weight is 438 g/mol. The lowest BCUT2D eigenvalue weighted by atomic mass is 10.0. The summed E-state index contributed by atoms with van der Waals surface area (Å²) in [5.41, 5.74) is 3.38. The van der Waals surface area contributed by atoms with E-state index in [4.69, 9.17) is 5.10 Å². The van der Waals surface area contributed by atoms with Gasteiger partial charge < -0.3 is 4.90 Å². The summed E-state index contributed by atoms with van der Waals surface area (Å²) in [6.45, 7) is 0.888. The topological polar surface area (TPSA) is 46.3 Å². The van der Waals surface area contributed by atoms with Gasteiger partial charge in [-0.05, 0) is 70.7 Å². The predicted octanol–water partition coefficient (Wildman–Crippen LogP) is 5.03. The van der Waals surface area contributed by atoms with Crippen LogP contribution in [0.15, 0.2) is 65.4 Å². The van der Waals surface area contributed by atoms with Gasteiger partial charge >= 0.3 is 0 Å². The first-order valence-electron chi connectivity index (χ1n) is 9.19. The molecule has 1 fully saturated rings. The molecule has 1 aliphatic heterocycles. The van der Waals surface area contributed by atoms with E-state index < -0.39 is 0 Å². The van der Waals surface area contributed by atoms with Gasteiger partial charge in [0.2, 0.25) is 0 Å². The smallest absolute Gasteiger partial charge is 0.154 e. The fourth-order valence-electron chi connectivity index (χ4n) is 3.84. The molecule has 0 radical (unpaired) electrons. The van der Waals surface area contributed by atoms with E-state index in [0.29, 0.717) is 0 Å². The first-order valence-corrected chi connectivity index (χ1v) is 9.98. The molecule has 0 N–H and O–H groups in total. The molecule has 5 nitrogen and oxygen atoms in total. The van der Waals surface area contributed by atoms with Gasteiger partial charge in [0.05, 0.1) is 17.9 Å². The quantitative estimate of drug-likeness (QED) is 0.421. The summed E-state index contributed by atoms with van der Waals surface area (Å²) in [6.07, 6.45) is 3.81. The molecule has 4 heterocycles. The third-order valence-electron chi connectivity index (χ3n) is 5.11. The molecule has 28 heavy (non-hydrogen) atoms. The van der Waals surface area contributed by atoms with Gasteiger partial charge in [-0.1, -0.05) is 18.2 Å². The molecule has 1 saturated heterocycles. The highest BCUT2D eigenvalue weighted by Gasteiger charge is 2.28. The summed E-state index contributed by atoms with van der Waals surface area (Å²) >= 11 is 3.42. The molecular formula is C21H17BrFN5. The summed E-state index contributed by atoms with van der Waals surface area (Å²) in [5, 5.41) is 4.85. The summed E-state index contributed by atoms with van der Waals surface area (Å²) in [5.74, 6) is 0.652. The van der Waals surface area contributed by atoms with Gasteiger partial charge in [0, 0.05) is 6.54 Å². The van der Waals surface area contributed by atoms with Crippen LogP contribution in [0.3, 0.4) is 0 Å². The molecule has 4 aromatic rings. The fraction of sp³-hybridized carbons (Fsp3) is 0.190. The second-order valence-corrected chi connectivity index (χ2v) is 7.67. The Morgan fingerprint density at radius 2 is 1.96 bits per heavy atom. The van der Waals surface area contributed by atoms with E-state index in [0.717, 1.165) is 52.4 Å². The van der Waals surface area contributed by atoms with Crippen LogP contribution in [0, 0.1) is 5.82 Å². The molecule has 0 bridgehead atoms. The second kappa shape index (κ2) is 6.98. The minimum Gasteiger partial charge on any atom is -0.348 e. The van der Waals surface area contributed by atoms with E-state index >= 15 is 0 Å². The number of hydrogen-bond acceptors (Lipinski definition) is 4. The Balaban J connectivity index is 1.57. The second-order valence-electron chi connectivity index (χ2n) is 6.86. The molecule has 0 amide bonds. The van der Waals surface area contributed by atoms with Crippen molar-refractivity contribution in [2.45, 2.75) is 18.9 Å². The van der Waals surface area contributed by atoms with Gasteiger partial charge in [-0.15, -0.1) is 5.10 Å². The highest BCUT2D eigenvalue weighted by Crippen LogP contribution is 2.35.